The number of nitrogens with two attached hydrogens (primary N) is 1. The standard InChI is InChI=1S/C14H16NO3P.K/c1-7-3-8(4-10(15)13(7)17)9-5-11(16)14(18-2)12(19)6-9;/h3-6,16-17H,15,19H2,1-2H3;/q;+1/p-1. The van der Waals surface area contributed by atoms with E-state index in [1.807, 2.05) is 6.07 Å². The number of phenolic OH excluding ortho intramolecular Hbond substituents is 1. The molecule has 1 unspecified atom stereocenters. The van der Waals surface area contributed by atoms with Gasteiger partial charge < -0.3 is 20.7 Å². The molecule has 0 aliphatic carbocycles. The van der Waals surface area contributed by atoms with Crippen molar-refractivity contribution < 1.29 is 66.3 Å². The summed E-state index contributed by atoms with van der Waals surface area (Å²) in [5.41, 5.74) is 8.03. The Balaban J connectivity index is 0.00000200. The van der Waals surface area contributed by atoms with Gasteiger partial charge in [0.2, 0.25) is 0 Å². The van der Waals surface area contributed by atoms with Crippen molar-refractivity contribution in [1.29, 1.82) is 0 Å². The molecule has 4 nitrogen and oxygen atoms in total. The summed E-state index contributed by atoms with van der Waals surface area (Å²) in [6.45, 7) is 1.72. The number of anilines is 1. The number of hydrogen-bond acceptors (Lipinski definition) is 4. The van der Waals surface area contributed by atoms with Crippen LogP contribution in [0.4, 0.5) is 5.69 Å². The van der Waals surface area contributed by atoms with Crippen molar-refractivity contribution in [3.8, 4) is 28.4 Å². The first-order valence-electron chi connectivity index (χ1n) is 5.68. The molecule has 0 bridgehead atoms. The number of hydrogen-bond donors (Lipinski definition) is 2. The van der Waals surface area contributed by atoms with Crippen molar-refractivity contribution in [2.45, 2.75) is 6.92 Å². The molecule has 2 rings (SSSR count). The Morgan fingerprint density at radius 1 is 1.20 bits per heavy atom. The fraction of sp³-hybridized carbons (Fsp3) is 0.143. The number of nitrogen functional groups attached to an aromatic ring is 1. The van der Waals surface area contributed by atoms with Crippen LogP contribution in [0.15, 0.2) is 24.3 Å². The van der Waals surface area contributed by atoms with Gasteiger partial charge in [0.25, 0.3) is 0 Å². The van der Waals surface area contributed by atoms with Crippen molar-refractivity contribution in [3.63, 3.8) is 0 Å². The minimum Gasteiger partial charge on any atom is -0.871 e. The summed E-state index contributed by atoms with van der Waals surface area (Å²) in [4.78, 5) is 0. The molecule has 0 saturated carbocycles. The van der Waals surface area contributed by atoms with Crippen LogP contribution in [-0.4, -0.2) is 12.2 Å². The van der Waals surface area contributed by atoms with Gasteiger partial charge in [0.15, 0.2) is 11.5 Å². The maximum atomic E-state index is 11.6. The molecule has 0 aliphatic heterocycles. The van der Waals surface area contributed by atoms with Gasteiger partial charge in [-0.1, -0.05) is 17.4 Å². The smallest absolute Gasteiger partial charge is 0.871 e. The van der Waals surface area contributed by atoms with Gasteiger partial charge in [-0.25, -0.2) is 0 Å². The first-order chi connectivity index (χ1) is 8.93. The molecule has 0 saturated heterocycles. The predicted molar refractivity (Wildman–Crippen MR) is 78.0 cm³/mol. The zero-order valence-electron chi connectivity index (χ0n) is 11.7. The van der Waals surface area contributed by atoms with E-state index in [-0.39, 0.29) is 68.6 Å². The van der Waals surface area contributed by atoms with Crippen LogP contribution in [-0.2, 0) is 0 Å². The minimum atomic E-state index is -0.160. The molecular formula is C14H15KNO3P. The number of phenols is 1. The van der Waals surface area contributed by atoms with Gasteiger partial charge in [-0.05, 0) is 36.2 Å². The summed E-state index contributed by atoms with van der Waals surface area (Å²) < 4.78 is 5.09. The summed E-state index contributed by atoms with van der Waals surface area (Å²) >= 11 is 0. The van der Waals surface area contributed by atoms with E-state index >= 15 is 0 Å². The Kier molecular flexibility index (Phi) is 6.32. The number of rotatable bonds is 2. The summed E-state index contributed by atoms with van der Waals surface area (Å²) in [5, 5.41) is 22.2. The number of benzene rings is 2. The zero-order valence-corrected chi connectivity index (χ0v) is 16.0. The SMILES string of the molecule is COc1c(O)cc(-c2cc(C)c([O-])c(N)c2)cc1P.[K+]. The van der Waals surface area contributed by atoms with E-state index in [9.17, 15) is 10.2 Å². The van der Waals surface area contributed by atoms with E-state index in [4.69, 9.17) is 10.5 Å². The van der Waals surface area contributed by atoms with Gasteiger partial charge in [0.05, 0.1) is 7.11 Å². The van der Waals surface area contributed by atoms with Gasteiger partial charge >= 0.3 is 51.4 Å². The third kappa shape index (κ3) is 3.48. The van der Waals surface area contributed by atoms with Crippen LogP contribution in [0.5, 0.6) is 17.2 Å². The molecule has 20 heavy (non-hydrogen) atoms. The molecule has 0 amide bonds. The fourth-order valence-electron chi connectivity index (χ4n) is 1.99. The first kappa shape index (κ1) is 17.8. The normalized spacial score (nSPS) is 9.95. The van der Waals surface area contributed by atoms with Crippen molar-refractivity contribution in [2.75, 3.05) is 12.8 Å². The van der Waals surface area contributed by atoms with E-state index in [0.717, 1.165) is 16.4 Å². The van der Waals surface area contributed by atoms with Crippen LogP contribution in [0.1, 0.15) is 5.56 Å². The van der Waals surface area contributed by atoms with E-state index in [0.29, 0.717) is 11.3 Å². The van der Waals surface area contributed by atoms with Crippen LogP contribution in [0.25, 0.3) is 11.1 Å². The van der Waals surface area contributed by atoms with Crippen molar-refractivity contribution >= 4 is 20.2 Å². The van der Waals surface area contributed by atoms with Crippen molar-refractivity contribution in [1.82, 2.24) is 0 Å². The average molecular weight is 315 g/mol. The van der Waals surface area contributed by atoms with Crippen LogP contribution in [0.3, 0.4) is 0 Å². The minimum absolute atomic E-state index is 0. The molecule has 0 heterocycles. The second kappa shape index (κ2) is 7.12. The molecule has 2 aromatic rings. The molecule has 1 atom stereocenters. The number of aromatic hydroxyl groups is 1. The largest absolute Gasteiger partial charge is 1.00 e. The van der Waals surface area contributed by atoms with E-state index in [2.05, 4.69) is 9.24 Å². The Hall–Kier alpha value is -0.294. The number of methoxy groups -OCH3 is 1. The molecule has 6 heteroatoms. The van der Waals surface area contributed by atoms with Crippen LogP contribution < -0.4 is 72.3 Å². The van der Waals surface area contributed by atoms with E-state index < -0.39 is 0 Å². The maximum absolute atomic E-state index is 11.6. The van der Waals surface area contributed by atoms with E-state index in [1.54, 1.807) is 25.1 Å². The van der Waals surface area contributed by atoms with Crippen LogP contribution in [0, 0.1) is 6.92 Å². The van der Waals surface area contributed by atoms with Crippen molar-refractivity contribution in [3.05, 3.63) is 29.8 Å². The Bertz CT molecular complexity index is 600. The maximum Gasteiger partial charge on any atom is 1.00 e. The number of aryl methyl sites for hydroxylation is 1. The van der Waals surface area contributed by atoms with E-state index in [1.165, 1.54) is 7.11 Å². The quantitative estimate of drug-likeness (QED) is 0.403. The van der Waals surface area contributed by atoms with Gasteiger partial charge in [-0.15, -0.1) is 9.24 Å². The summed E-state index contributed by atoms with van der Waals surface area (Å²) in [7, 11) is 4.00. The molecule has 100 valence electrons. The van der Waals surface area contributed by atoms with Gasteiger partial charge in [0.1, 0.15) is 0 Å². The molecule has 0 aliphatic rings. The molecule has 0 spiro atoms. The van der Waals surface area contributed by atoms with Gasteiger partial charge in [-0.2, -0.15) is 0 Å². The molecular weight excluding hydrogens is 300 g/mol. The van der Waals surface area contributed by atoms with Gasteiger partial charge in [-0.3, -0.25) is 0 Å². The molecule has 2 aromatic carbocycles. The predicted octanol–water partition coefficient (Wildman–Crippen LogP) is -1.46. The Morgan fingerprint density at radius 3 is 2.30 bits per heavy atom. The third-order valence-electron chi connectivity index (χ3n) is 2.94. The Labute approximate surface area is 163 Å². The molecule has 0 radical (unpaired) electrons. The molecule has 0 aromatic heterocycles. The zero-order chi connectivity index (χ0) is 14.2. The first-order valence-corrected chi connectivity index (χ1v) is 6.25. The average Bonchev–Trinajstić information content (AvgIpc) is 2.35. The summed E-state index contributed by atoms with van der Waals surface area (Å²) in [6.07, 6.45) is 0. The van der Waals surface area contributed by atoms with Crippen LogP contribution >= 0.6 is 9.24 Å². The summed E-state index contributed by atoms with van der Waals surface area (Å²) in [5.74, 6) is 0.305. The second-order valence-electron chi connectivity index (χ2n) is 4.33. The monoisotopic (exact) mass is 315 g/mol. The Morgan fingerprint density at radius 2 is 1.80 bits per heavy atom. The second-order valence-corrected chi connectivity index (χ2v) is 4.95. The topological polar surface area (TPSA) is 78.5 Å². The fourth-order valence-corrected chi connectivity index (χ4v) is 2.44. The molecule has 3 N–H and O–H groups in total. The molecule has 0 fully saturated rings. The van der Waals surface area contributed by atoms with Crippen molar-refractivity contribution in [2.24, 2.45) is 0 Å². The van der Waals surface area contributed by atoms with Crippen LogP contribution in [0.2, 0.25) is 0 Å². The third-order valence-corrected chi connectivity index (χ3v) is 3.37. The number of ether oxygens (including phenoxy) is 1. The van der Waals surface area contributed by atoms with Gasteiger partial charge in [0, 0.05) is 11.0 Å². The summed E-state index contributed by atoms with van der Waals surface area (Å²) in [6, 6.07) is 6.80.